The van der Waals surface area contributed by atoms with Crippen LogP contribution in [0.5, 0.6) is 0 Å². The zero-order chi connectivity index (χ0) is 21.1. The first-order valence-corrected chi connectivity index (χ1v) is 11.1. The van der Waals surface area contributed by atoms with Crippen LogP contribution in [0.2, 0.25) is 15.1 Å². The molecule has 0 fully saturated rings. The molecule has 1 unspecified atom stereocenters. The van der Waals surface area contributed by atoms with Gasteiger partial charge in [0.25, 0.3) is 5.91 Å². The molecule has 2 aromatic carbocycles. The Labute approximate surface area is 177 Å². The third-order valence-corrected chi connectivity index (χ3v) is 5.43. The van der Waals surface area contributed by atoms with Gasteiger partial charge in [-0.1, -0.05) is 46.9 Å². The van der Waals surface area contributed by atoms with Gasteiger partial charge in [-0.3, -0.25) is 4.79 Å². The van der Waals surface area contributed by atoms with E-state index in [1.54, 1.807) is 0 Å². The normalized spacial score (nSPS) is 12.3. The number of anilines is 1. The molecule has 0 aliphatic heterocycles. The van der Waals surface area contributed by atoms with Crippen molar-refractivity contribution in [2.24, 2.45) is 0 Å². The smallest absolute Gasteiger partial charge is 0.338 e. The monoisotopic (exact) mass is 463 g/mol. The van der Waals surface area contributed by atoms with Crippen LogP contribution in [-0.2, 0) is 25.1 Å². The van der Waals surface area contributed by atoms with Crippen molar-refractivity contribution in [2.75, 3.05) is 11.6 Å². The van der Waals surface area contributed by atoms with Gasteiger partial charge in [-0.25, -0.2) is 13.2 Å². The summed E-state index contributed by atoms with van der Waals surface area (Å²) in [5, 5.41) is 3.14. The summed E-state index contributed by atoms with van der Waals surface area (Å²) in [7, 11) is -3.18. The Bertz CT molecular complexity index is 1010. The summed E-state index contributed by atoms with van der Waals surface area (Å²) in [5.41, 5.74) is 0.956. The molecule has 6 nitrogen and oxygen atoms in total. The molecule has 0 aromatic heterocycles. The average Bonchev–Trinajstić information content (AvgIpc) is 2.58. The average molecular weight is 465 g/mol. The molecule has 2 rings (SSSR count). The van der Waals surface area contributed by atoms with Crippen molar-refractivity contribution in [1.82, 2.24) is 0 Å². The Morgan fingerprint density at radius 3 is 2.18 bits per heavy atom. The van der Waals surface area contributed by atoms with Gasteiger partial charge < -0.3 is 10.1 Å². The fourth-order valence-electron chi connectivity index (χ4n) is 2.17. The number of amides is 1. The first kappa shape index (κ1) is 22.5. The topological polar surface area (TPSA) is 89.5 Å². The molecular formula is C18H16Cl3NO5S. The molecule has 1 N–H and O–H groups in total. The second-order valence-electron chi connectivity index (χ2n) is 6.05. The molecule has 1 atom stereocenters. The van der Waals surface area contributed by atoms with Crippen molar-refractivity contribution < 1.29 is 22.7 Å². The molecule has 1 amide bonds. The van der Waals surface area contributed by atoms with Gasteiger partial charge in [0.1, 0.15) is 0 Å². The van der Waals surface area contributed by atoms with Crippen molar-refractivity contribution in [3.63, 3.8) is 0 Å². The van der Waals surface area contributed by atoms with Gasteiger partial charge in [-0.15, -0.1) is 0 Å². The van der Waals surface area contributed by atoms with Crippen LogP contribution in [0.25, 0.3) is 0 Å². The van der Waals surface area contributed by atoms with E-state index in [0.717, 1.165) is 6.26 Å². The number of hydrogen-bond acceptors (Lipinski definition) is 5. The van der Waals surface area contributed by atoms with Crippen LogP contribution in [0, 0.1) is 0 Å². The Hall–Kier alpha value is -1.80. The summed E-state index contributed by atoms with van der Waals surface area (Å²) in [6, 6.07) is 8.66. The SMILES string of the molecule is CC(OC(=O)c1ccc(CS(C)(=O)=O)cc1)C(=O)Nc1cc(Cl)c(Cl)cc1Cl. The van der Waals surface area contributed by atoms with E-state index < -0.39 is 27.8 Å². The van der Waals surface area contributed by atoms with Gasteiger partial charge in [-0.2, -0.15) is 0 Å². The van der Waals surface area contributed by atoms with Crippen LogP contribution >= 0.6 is 34.8 Å². The van der Waals surface area contributed by atoms with E-state index in [9.17, 15) is 18.0 Å². The minimum Gasteiger partial charge on any atom is -0.449 e. The minimum atomic E-state index is -3.18. The first-order valence-electron chi connectivity index (χ1n) is 7.89. The molecule has 0 saturated carbocycles. The maximum atomic E-state index is 12.2. The third-order valence-electron chi connectivity index (χ3n) is 3.54. The Morgan fingerprint density at radius 1 is 1.04 bits per heavy atom. The number of carbonyl (C=O) groups is 2. The zero-order valence-corrected chi connectivity index (χ0v) is 17.9. The lowest BCUT2D eigenvalue weighted by molar-refractivity contribution is -0.123. The number of hydrogen-bond donors (Lipinski definition) is 1. The number of nitrogens with one attached hydrogen (secondary N) is 1. The van der Waals surface area contributed by atoms with Crippen LogP contribution in [0.1, 0.15) is 22.8 Å². The lowest BCUT2D eigenvalue weighted by atomic mass is 10.1. The van der Waals surface area contributed by atoms with E-state index in [0.29, 0.717) is 5.56 Å². The lowest BCUT2D eigenvalue weighted by Gasteiger charge is -2.15. The summed E-state index contributed by atoms with van der Waals surface area (Å²) >= 11 is 17.7. The number of halogens is 3. The number of benzene rings is 2. The summed E-state index contributed by atoms with van der Waals surface area (Å²) in [6.45, 7) is 1.40. The van der Waals surface area contributed by atoms with E-state index in [2.05, 4.69) is 5.32 Å². The summed E-state index contributed by atoms with van der Waals surface area (Å²) in [6.07, 6.45) is 0.00370. The van der Waals surface area contributed by atoms with Crippen molar-refractivity contribution in [3.05, 3.63) is 62.6 Å². The lowest BCUT2D eigenvalue weighted by Crippen LogP contribution is -2.30. The molecule has 150 valence electrons. The molecule has 0 heterocycles. The van der Waals surface area contributed by atoms with E-state index in [-0.39, 0.29) is 32.1 Å². The molecular weight excluding hydrogens is 449 g/mol. The van der Waals surface area contributed by atoms with Crippen LogP contribution in [0.3, 0.4) is 0 Å². The van der Waals surface area contributed by atoms with Crippen LogP contribution in [0.15, 0.2) is 36.4 Å². The summed E-state index contributed by atoms with van der Waals surface area (Å²) in [4.78, 5) is 24.4. The highest BCUT2D eigenvalue weighted by Gasteiger charge is 2.20. The summed E-state index contributed by atoms with van der Waals surface area (Å²) < 4.78 is 27.7. The first-order chi connectivity index (χ1) is 13.0. The van der Waals surface area contributed by atoms with E-state index in [1.165, 1.54) is 43.3 Å². The molecule has 0 saturated heterocycles. The van der Waals surface area contributed by atoms with Gasteiger partial charge in [-0.05, 0) is 36.8 Å². The number of carbonyl (C=O) groups excluding carboxylic acids is 2. The summed E-state index contributed by atoms with van der Waals surface area (Å²) in [5.74, 6) is -1.47. The van der Waals surface area contributed by atoms with Crippen molar-refractivity contribution in [3.8, 4) is 0 Å². The predicted octanol–water partition coefficient (Wildman–Crippen LogP) is 4.38. The van der Waals surface area contributed by atoms with Gasteiger partial charge in [0.05, 0.1) is 32.1 Å². The maximum Gasteiger partial charge on any atom is 0.338 e. The Balaban J connectivity index is 2.01. The third kappa shape index (κ3) is 6.38. The fourth-order valence-corrected chi connectivity index (χ4v) is 3.57. The van der Waals surface area contributed by atoms with E-state index in [4.69, 9.17) is 39.5 Å². The highest BCUT2D eigenvalue weighted by atomic mass is 35.5. The zero-order valence-electron chi connectivity index (χ0n) is 14.8. The van der Waals surface area contributed by atoms with Gasteiger partial charge in [0.15, 0.2) is 15.9 Å². The highest BCUT2D eigenvalue weighted by molar-refractivity contribution is 7.89. The number of esters is 1. The Kier molecular flexibility index (Phi) is 7.33. The molecule has 0 aliphatic carbocycles. The minimum absolute atomic E-state index is 0.133. The van der Waals surface area contributed by atoms with Crippen molar-refractivity contribution in [1.29, 1.82) is 0 Å². The second-order valence-corrected chi connectivity index (χ2v) is 9.41. The fraction of sp³-hybridized carbons (Fsp3) is 0.222. The van der Waals surface area contributed by atoms with Gasteiger partial charge >= 0.3 is 5.97 Å². The van der Waals surface area contributed by atoms with Crippen LogP contribution < -0.4 is 5.32 Å². The van der Waals surface area contributed by atoms with Crippen molar-refractivity contribution >= 4 is 62.2 Å². The molecule has 0 aliphatic rings. The number of sulfone groups is 1. The van der Waals surface area contributed by atoms with E-state index in [1.807, 2.05) is 0 Å². The molecule has 28 heavy (non-hydrogen) atoms. The molecule has 10 heteroatoms. The number of rotatable bonds is 6. The van der Waals surface area contributed by atoms with Gasteiger partial charge in [0.2, 0.25) is 0 Å². The molecule has 0 radical (unpaired) electrons. The Morgan fingerprint density at radius 2 is 1.61 bits per heavy atom. The number of ether oxygens (including phenoxy) is 1. The van der Waals surface area contributed by atoms with Gasteiger partial charge in [0, 0.05) is 6.26 Å². The maximum absolute atomic E-state index is 12.2. The molecule has 2 aromatic rings. The van der Waals surface area contributed by atoms with Crippen molar-refractivity contribution in [2.45, 2.75) is 18.8 Å². The van der Waals surface area contributed by atoms with Crippen LogP contribution in [0.4, 0.5) is 5.69 Å². The van der Waals surface area contributed by atoms with Crippen LogP contribution in [-0.4, -0.2) is 32.7 Å². The highest BCUT2D eigenvalue weighted by Crippen LogP contribution is 2.32. The quantitative estimate of drug-likeness (QED) is 0.506. The van der Waals surface area contributed by atoms with E-state index >= 15 is 0 Å². The molecule has 0 bridgehead atoms. The molecule has 0 spiro atoms. The largest absolute Gasteiger partial charge is 0.449 e. The second kappa shape index (κ2) is 9.13. The predicted molar refractivity (Wildman–Crippen MR) is 110 cm³/mol. The standard InChI is InChI=1S/C18H16Cl3NO5S/c1-10(17(23)22-16-8-14(20)13(19)7-15(16)21)27-18(24)12-5-3-11(4-6-12)9-28(2,25)26/h3-8,10H,9H2,1-2H3,(H,22,23).